The summed E-state index contributed by atoms with van der Waals surface area (Å²) < 4.78 is 5.94. The molecule has 1 unspecified atom stereocenters. The zero-order chi connectivity index (χ0) is 17.4. The minimum absolute atomic E-state index is 0.227. The summed E-state index contributed by atoms with van der Waals surface area (Å²) in [5.41, 5.74) is -0.158. The maximum absolute atomic E-state index is 12.9. The Bertz CT molecular complexity index is 822. The van der Waals surface area contributed by atoms with Gasteiger partial charge in [-0.1, -0.05) is 48.9 Å². The minimum atomic E-state index is -1.21. The number of benzene rings is 2. The highest BCUT2D eigenvalue weighted by atomic mass is 16.5. The van der Waals surface area contributed by atoms with Crippen LogP contribution in [0, 0.1) is 5.41 Å². The van der Waals surface area contributed by atoms with Crippen LogP contribution in [-0.2, 0) is 14.3 Å². The van der Waals surface area contributed by atoms with Crippen molar-refractivity contribution in [2.75, 3.05) is 19.7 Å². The van der Waals surface area contributed by atoms with Crippen molar-refractivity contribution in [1.29, 1.82) is 0 Å². The molecular weight excluding hydrogens is 318 g/mol. The largest absolute Gasteiger partial charge is 0.480 e. The molecule has 0 aromatic heterocycles. The fourth-order valence-corrected chi connectivity index (χ4v) is 3.91. The monoisotopic (exact) mass is 339 g/mol. The van der Waals surface area contributed by atoms with Crippen LogP contribution in [-0.4, -0.2) is 41.6 Å². The summed E-state index contributed by atoms with van der Waals surface area (Å²) in [6.45, 7) is 1.28. The molecule has 1 aliphatic carbocycles. The van der Waals surface area contributed by atoms with Gasteiger partial charge in [-0.05, 0) is 29.2 Å². The van der Waals surface area contributed by atoms with E-state index >= 15 is 0 Å². The lowest BCUT2D eigenvalue weighted by atomic mass is 9.67. The summed E-state index contributed by atoms with van der Waals surface area (Å²) in [5, 5.41) is 11.8. The molecule has 5 nitrogen and oxygen atoms in total. The normalized spacial score (nSPS) is 22.4. The number of carbonyl (C=O) groups is 2. The van der Waals surface area contributed by atoms with Gasteiger partial charge in [0, 0.05) is 6.54 Å². The molecular formula is C20H21NO4. The molecule has 25 heavy (non-hydrogen) atoms. The molecule has 1 saturated carbocycles. The zero-order valence-corrected chi connectivity index (χ0v) is 14.0. The summed E-state index contributed by atoms with van der Waals surface area (Å²) in [4.78, 5) is 26.2. The number of aliphatic carboxylic acids is 1. The fraction of sp³-hybridized carbons (Fsp3) is 0.400. The van der Waals surface area contributed by atoms with Crippen molar-refractivity contribution in [2.24, 2.45) is 5.41 Å². The smallest absolute Gasteiger partial charge is 0.319 e. The van der Waals surface area contributed by atoms with Crippen molar-refractivity contribution in [3.63, 3.8) is 0 Å². The van der Waals surface area contributed by atoms with Gasteiger partial charge in [-0.15, -0.1) is 0 Å². The lowest BCUT2D eigenvalue weighted by Gasteiger charge is -2.42. The van der Waals surface area contributed by atoms with E-state index in [1.165, 1.54) is 0 Å². The van der Waals surface area contributed by atoms with Crippen LogP contribution in [0.2, 0.25) is 0 Å². The number of carboxylic acid groups (broad SMARTS) is 1. The van der Waals surface area contributed by atoms with Crippen LogP contribution in [0.15, 0.2) is 42.5 Å². The van der Waals surface area contributed by atoms with Gasteiger partial charge in [0.25, 0.3) is 0 Å². The Morgan fingerprint density at radius 2 is 1.88 bits per heavy atom. The van der Waals surface area contributed by atoms with Crippen molar-refractivity contribution >= 4 is 22.6 Å². The first-order valence-electron chi connectivity index (χ1n) is 8.74. The Labute approximate surface area is 146 Å². The number of carbonyl (C=O) groups excluding carboxylic acids is 1. The number of carboxylic acids is 1. The molecule has 2 aromatic carbocycles. The van der Waals surface area contributed by atoms with Crippen molar-refractivity contribution in [1.82, 2.24) is 4.90 Å². The zero-order valence-electron chi connectivity index (χ0n) is 14.0. The van der Waals surface area contributed by atoms with E-state index in [1.54, 1.807) is 4.90 Å². The molecule has 1 N–H and O–H groups in total. The van der Waals surface area contributed by atoms with E-state index < -0.39 is 11.4 Å². The molecule has 0 radical (unpaired) electrons. The lowest BCUT2D eigenvalue weighted by molar-refractivity contribution is -0.171. The molecule has 1 aliphatic heterocycles. The summed E-state index contributed by atoms with van der Waals surface area (Å²) in [6.07, 6.45) is 1.46. The van der Waals surface area contributed by atoms with E-state index in [-0.39, 0.29) is 12.0 Å². The first-order chi connectivity index (χ1) is 12.1. The van der Waals surface area contributed by atoms with Crippen LogP contribution in [0.3, 0.4) is 0 Å². The maximum atomic E-state index is 12.9. The summed E-state index contributed by atoms with van der Waals surface area (Å²) >= 11 is 0. The van der Waals surface area contributed by atoms with E-state index in [4.69, 9.17) is 4.74 Å². The molecule has 4 rings (SSSR count). The molecule has 2 aromatic rings. The highest BCUT2D eigenvalue weighted by molar-refractivity contribution is 6.03. The topological polar surface area (TPSA) is 66.8 Å². The highest BCUT2D eigenvalue weighted by Gasteiger charge is 2.53. The predicted molar refractivity (Wildman–Crippen MR) is 93.1 cm³/mol. The molecule has 5 heteroatoms. The standard InChI is InChI=1S/C20H21NO4/c22-18(20(19(23)24)9-4-10-20)21-11-12-25-17(13-21)16-8-3-6-14-5-1-2-7-15(14)16/h1-3,5-8,17H,4,9-13H2,(H,23,24). The maximum Gasteiger partial charge on any atom is 0.319 e. The van der Waals surface area contributed by atoms with Crippen LogP contribution in [0.5, 0.6) is 0 Å². The van der Waals surface area contributed by atoms with E-state index in [9.17, 15) is 14.7 Å². The Morgan fingerprint density at radius 1 is 1.12 bits per heavy atom. The molecule has 2 fully saturated rings. The molecule has 2 aliphatic rings. The van der Waals surface area contributed by atoms with Crippen LogP contribution >= 0.6 is 0 Å². The highest BCUT2D eigenvalue weighted by Crippen LogP contribution is 2.43. The molecule has 1 atom stereocenters. The van der Waals surface area contributed by atoms with Crippen molar-refractivity contribution in [3.8, 4) is 0 Å². The third-order valence-corrected chi connectivity index (χ3v) is 5.55. The molecule has 1 heterocycles. The Hall–Kier alpha value is -2.40. The molecule has 130 valence electrons. The Balaban J connectivity index is 1.61. The van der Waals surface area contributed by atoms with Gasteiger partial charge in [0.2, 0.25) is 5.91 Å². The lowest BCUT2D eigenvalue weighted by Crippen LogP contribution is -2.55. The Kier molecular flexibility index (Phi) is 3.96. The van der Waals surface area contributed by atoms with Crippen LogP contribution in [0.25, 0.3) is 10.8 Å². The van der Waals surface area contributed by atoms with Gasteiger partial charge >= 0.3 is 5.97 Å². The average molecular weight is 339 g/mol. The van der Waals surface area contributed by atoms with Crippen molar-refractivity contribution in [2.45, 2.75) is 25.4 Å². The fourth-order valence-electron chi connectivity index (χ4n) is 3.91. The van der Waals surface area contributed by atoms with Gasteiger partial charge in [0.1, 0.15) is 11.5 Å². The van der Waals surface area contributed by atoms with Crippen LogP contribution in [0.1, 0.15) is 30.9 Å². The first-order valence-corrected chi connectivity index (χ1v) is 8.74. The molecule has 1 amide bonds. The second kappa shape index (κ2) is 6.15. The van der Waals surface area contributed by atoms with E-state index in [1.807, 2.05) is 24.3 Å². The van der Waals surface area contributed by atoms with Crippen LogP contribution < -0.4 is 0 Å². The summed E-state index contributed by atoms with van der Waals surface area (Å²) in [6, 6.07) is 14.2. The molecule has 0 bridgehead atoms. The van der Waals surface area contributed by atoms with Gasteiger partial charge in [-0.2, -0.15) is 0 Å². The quantitative estimate of drug-likeness (QED) is 0.873. The number of rotatable bonds is 3. The van der Waals surface area contributed by atoms with E-state index in [2.05, 4.69) is 18.2 Å². The van der Waals surface area contributed by atoms with Gasteiger partial charge in [0.05, 0.1) is 13.2 Å². The number of hydrogen-bond acceptors (Lipinski definition) is 3. The van der Waals surface area contributed by atoms with E-state index in [0.29, 0.717) is 32.5 Å². The van der Waals surface area contributed by atoms with Gasteiger partial charge in [-0.25, -0.2) is 0 Å². The van der Waals surface area contributed by atoms with E-state index in [0.717, 1.165) is 22.8 Å². The number of ether oxygens (including phenoxy) is 1. The van der Waals surface area contributed by atoms with Crippen molar-refractivity contribution < 1.29 is 19.4 Å². The number of nitrogens with zero attached hydrogens (tertiary/aromatic N) is 1. The number of amides is 1. The van der Waals surface area contributed by atoms with Gasteiger partial charge in [0.15, 0.2) is 0 Å². The summed E-state index contributed by atoms with van der Waals surface area (Å²) in [7, 11) is 0. The number of morpholine rings is 1. The van der Waals surface area contributed by atoms with Gasteiger partial charge in [-0.3, -0.25) is 9.59 Å². The molecule has 0 spiro atoms. The van der Waals surface area contributed by atoms with Crippen molar-refractivity contribution in [3.05, 3.63) is 48.0 Å². The minimum Gasteiger partial charge on any atom is -0.480 e. The number of hydrogen-bond donors (Lipinski definition) is 1. The third kappa shape index (κ3) is 2.59. The molecule has 1 saturated heterocycles. The second-order valence-corrected chi connectivity index (χ2v) is 6.92. The third-order valence-electron chi connectivity index (χ3n) is 5.55. The second-order valence-electron chi connectivity index (χ2n) is 6.92. The van der Waals surface area contributed by atoms with Gasteiger partial charge < -0.3 is 14.7 Å². The summed E-state index contributed by atoms with van der Waals surface area (Å²) in [5.74, 6) is -1.24. The Morgan fingerprint density at radius 3 is 2.60 bits per heavy atom. The SMILES string of the molecule is O=C(O)C1(C(=O)N2CCOC(c3cccc4ccccc34)C2)CCC1. The van der Waals surface area contributed by atoms with Crippen LogP contribution in [0.4, 0.5) is 0 Å². The first kappa shape index (κ1) is 16.1. The average Bonchev–Trinajstić information content (AvgIpc) is 2.60. The predicted octanol–water partition coefficient (Wildman–Crippen LogP) is 2.99. The number of fused-ring (bicyclic) bond motifs is 1.